The maximum atomic E-state index is 13.8. The summed E-state index contributed by atoms with van der Waals surface area (Å²) in [5.41, 5.74) is 2.03. The lowest BCUT2D eigenvalue weighted by Crippen LogP contribution is -2.59. The summed E-state index contributed by atoms with van der Waals surface area (Å²) in [5.74, 6) is -1.65. The van der Waals surface area contributed by atoms with E-state index in [-0.39, 0.29) is 79.2 Å². The normalized spacial score (nSPS) is 20.9. The number of carboxylic acid groups (broad SMARTS) is 2. The fraction of sp³-hybridized carbons (Fsp3) is 0.489. The first-order valence-corrected chi connectivity index (χ1v) is 22.6. The van der Waals surface area contributed by atoms with E-state index in [2.05, 4.69) is 62.5 Å². The van der Waals surface area contributed by atoms with E-state index in [4.69, 9.17) is 18.5 Å². The van der Waals surface area contributed by atoms with Crippen LogP contribution in [0, 0.1) is 0 Å². The van der Waals surface area contributed by atoms with E-state index in [1.807, 2.05) is 52.0 Å². The Hall–Kier alpha value is -5.67. The predicted molar refractivity (Wildman–Crippen MR) is 239 cm³/mol. The zero-order valence-electron chi connectivity index (χ0n) is 37.0. The van der Waals surface area contributed by atoms with E-state index < -0.39 is 48.3 Å². The highest BCUT2D eigenvalue weighted by Crippen LogP contribution is 2.28. The Morgan fingerprint density at radius 1 is 0.738 bits per heavy atom. The second-order valence-electron chi connectivity index (χ2n) is 16.0. The largest absolute Gasteiger partial charge is 0.478 e. The van der Waals surface area contributed by atoms with E-state index >= 15 is 0 Å². The predicted octanol–water partition coefficient (Wildman–Crippen LogP) is 5.07. The molecule has 1 aromatic carbocycles. The summed E-state index contributed by atoms with van der Waals surface area (Å²) >= 11 is 3.42. The summed E-state index contributed by atoms with van der Waals surface area (Å²) in [5, 5.41) is 40.9. The topological polar surface area (TPSA) is 266 Å². The molecule has 0 saturated heterocycles. The van der Waals surface area contributed by atoms with Crippen molar-refractivity contribution in [2.45, 2.75) is 141 Å². The molecule has 0 aliphatic heterocycles. The molecule has 2 amide bonds. The summed E-state index contributed by atoms with van der Waals surface area (Å²) in [6.07, 6.45) is 6.00. The highest BCUT2D eigenvalue weighted by molar-refractivity contribution is 9.10. The van der Waals surface area contributed by atoms with Gasteiger partial charge < -0.3 is 50.0 Å². The van der Waals surface area contributed by atoms with Gasteiger partial charge in [-0.15, -0.1) is 0 Å². The number of halogens is 1. The number of hydrogen-bond donors (Lipinski definition) is 6. The number of hydrogen-bond acceptors (Lipinski definition) is 15. The summed E-state index contributed by atoms with van der Waals surface area (Å²) in [6, 6.07) is 8.51. The van der Waals surface area contributed by atoms with Gasteiger partial charge in [0.15, 0.2) is 11.6 Å². The summed E-state index contributed by atoms with van der Waals surface area (Å²) in [7, 11) is 0. The van der Waals surface area contributed by atoms with Crippen molar-refractivity contribution in [1.29, 1.82) is 0 Å². The Labute approximate surface area is 384 Å². The van der Waals surface area contributed by atoms with Crippen molar-refractivity contribution in [2.24, 2.45) is 0 Å². The zero-order valence-corrected chi connectivity index (χ0v) is 38.5. The molecule has 0 unspecified atom stereocenters. The molecule has 0 radical (unpaired) electrons. The number of aliphatic carboxylic acids is 2. The molecule has 6 atom stereocenters. The first-order chi connectivity index (χ1) is 31.3. The van der Waals surface area contributed by atoms with Gasteiger partial charge in [-0.3, -0.25) is 14.6 Å². The molecule has 2 aliphatic carbocycles. The van der Waals surface area contributed by atoms with Crippen LogP contribution in [0.1, 0.15) is 90.4 Å². The van der Waals surface area contributed by atoms with Crippen molar-refractivity contribution in [3.8, 4) is 23.0 Å². The van der Waals surface area contributed by atoms with Crippen LogP contribution in [0.5, 0.6) is 0 Å². The molecule has 6 N–H and O–H groups in total. The Kier molecular flexibility index (Phi) is 17.2. The van der Waals surface area contributed by atoms with E-state index in [9.17, 15) is 29.4 Å². The molecule has 4 aromatic rings. The van der Waals surface area contributed by atoms with Gasteiger partial charge >= 0.3 is 11.9 Å². The van der Waals surface area contributed by atoms with Gasteiger partial charge in [0.25, 0.3) is 11.8 Å². The average Bonchev–Trinajstić information content (AvgIpc) is 3.98. The maximum Gasteiger partial charge on any atom is 0.331 e. The van der Waals surface area contributed by atoms with Gasteiger partial charge in [0.05, 0.1) is 56.0 Å². The molecular weight excluding hydrogens is 906 g/mol. The van der Waals surface area contributed by atoms with Crippen LogP contribution < -0.4 is 21.3 Å². The lowest BCUT2D eigenvalue weighted by Gasteiger charge is -2.38. The smallest absolute Gasteiger partial charge is 0.331 e. The minimum atomic E-state index is -1.07. The molecule has 65 heavy (non-hydrogen) atoms. The van der Waals surface area contributed by atoms with Crippen LogP contribution in [-0.2, 0) is 48.2 Å². The number of rotatable bonds is 22. The number of nitrogens with one attached hydrogen (secondary N) is 4. The number of nitrogens with zero attached hydrogens (tertiary/aromatic N) is 5. The molecule has 0 saturated carbocycles. The van der Waals surface area contributed by atoms with Crippen LogP contribution in [0.15, 0.2) is 79.4 Å². The number of ether oxygens (including phenoxy) is 2. The fourth-order valence-electron chi connectivity index (χ4n) is 7.88. The SMILES string of the molecule is CCC(CC)O[C@@H]1C=C(C(=O)O)C[C@H](NCc2noc(-c3ccc(CC(=O)N[C@@H]4[C@@H](NCc5noc(-c6ccc(Br)cc6)n5)CC(C(=O)O)=C[C@H]4OC(CC)CC)cn3)n2)[C@H]1NC(C)=O. The number of amides is 2. The number of carbonyl (C=O) groups excluding carboxylic acids is 2. The van der Waals surface area contributed by atoms with E-state index in [1.54, 1.807) is 24.3 Å². The second-order valence-corrected chi connectivity index (χ2v) is 17.0. The lowest BCUT2D eigenvalue weighted by molar-refractivity contribution is -0.134. The Morgan fingerprint density at radius 2 is 1.25 bits per heavy atom. The average molecular weight is 963 g/mol. The molecule has 0 spiro atoms. The standard InChI is InChI=1S/C45H56BrN9O10/c1-6-30(7-2)62-35-19-27(44(58)59)17-33(40(35)50-24(5)56)48-23-38-52-43(65-55-38)32-15-10-25(21-47-32)16-39(57)53-41-34(18-28(45(60)61)20-36(41)63-31(8-3)9-4)49-22-37-51-42(64-54-37)26-11-13-29(46)14-12-26/h10-15,19-21,30-31,33-36,40-41,48-49H,6-9,16-18,22-23H2,1-5H3,(H,50,56)(H,53,57)(H,58,59)(H,60,61)/t33-,34-,35+,36+,40+,41+/m0/s1. The highest BCUT2D eigenvalue weighted by Gasteiger charge is 2.39. The molecule has 19 nitrogen and oxygen atoms in total. The van der Waals surface area contributed by atoms with E-state index in [0.29, 0.717) is 35.8 Å². The van der Waals surface area contributed by atoms with Gasteiger partial charge in [0, 0.05) is 46.4 Å². The van der Waals surface area contributed by atoms with Crippen molar-refractivity contribution in [3.63, 3.8) is 0 Å². The number of pyridine rings is 1. The minimum Gasteiger partial charge on any atom is -0.478 e. The number of benzene rings is 1. The molecule has 2 aliphatic rings. The summed E-state index contributed by atoms with van der Waals surface area (Å²) in [6.45, 7) is 9.59. The quantitative estimate of drug-likeness (QED) is 0.0600. The first-order valence-electron chi connectivity index (χ1n) is 21.9. The third kappa shape index (κ3) is 13.2. The molecule has 20 heteroatoms. The van der Waals surface area contributed by atoms with E-state index in [1.165, 1.54) is 13.1 Å². The molecule has 0 bridgehead atoms. The van der Waals surface area contributed by atoms with Gasteiger partial charge in [-0.25, -0.2) is 9.59 Å². The molecule has 3 heterocycles. The van der Waals surface area contributed by atoms with Crippen molar-refractivity contribution >= 4 is 39.7 Å². The zero-order chi connectivity index (χ0) is 46.6. The molecule has 0 fully saturated rings. The molecule has 6 rings (SSSR count). The van der Waals surface area contributed by atoms with Gasteiger partial charge in [-0.1, -0.05) is 60.0 Å². The summed E-state index contributed by atoms with van der Waals surface area (Å²) in [4.78, 5) is 63.9. The van der Waals surface area contributed by atoms with Gasteiger partial charge in [-0.05, 0) is 86.6 Å². The van der Waals surface area contributed by atoms with Crippen LogP contribution in [0.4, 0.5) is 0 Å². The molecule has 348 valence electrons. The van der Waals surface area contributed by atoms with Crippen LogP contribution in [0.3, 0.4) is 0 Å². The fourth-order valence-corrected chi connectivity index (χ4v) is 8.15. The second kappa shape index (κ2) is 23.0. The van der Waals surface area contributed by atoms with Crippen LogP contribution in [0.2, 0.25) is 0 Å². The van der Waals surface area contributed by atoms with Crippen LogP contribution in [-0.4, -0.2) is 108 Å². The van der Waals surface area contributed by atoms with Crippen molar-refractivity contribution < 1.29 is 47.9 Å². The third-order valence-corrected chi connectivity index (χ3v) is 12.0. The maximum absolute atomic E-state index is 13.8. The van der Waals surface area contributed by atoms with Crippen molar-refractivity contribution in [1.82, 2.24) is 46.5 Å². The minimum absolute atomic E-state index is 0.0459. The lowest BCUT2D eigenvalue weighted by atomic mass is 9.87. The van der Waals surface area contributed by atoms with Crippen LogP contribution in [0.25, 0.3) is 23.0 Å². The third-order valence-electron chi connectivity index (χ3n) is 11.4. The first kappa shape index (κ1) is 48.8. The van der Waals surface area contributed by atoms with Gasteiger partial charge in [0.2, 0.25) is 11.8 Å². The molecule has 3 aromatic heterocycles. The Morgan fingerprint density at radius 3 is 1.72 bits per heavy atom. The van der Waals surface area contributed by atoms with E-state index in [0.717, 1.165) is 22.9 Å². The molecular formula is C45H56BrN9O10. The number of carboxylic acids is 2. The van der Waals surface area contributed by atoms with Crippen LogP contribution >= 0.6 is 15.9 Å². The van der Waals surface area contributed by atoms with Crippen molar-refractivity contribution in [3.05, 3.63) is 87.6 Å². The van der Waals surface area contributed by atoms with Gasteiger partial charge in [0.1, 0.15) is 5.69 Å². The number of carbonyl (C=O) groups is 4. The Balaban J connectivity index is 1.11. The Bertz CT molecular complexity index is 2310. The summed E-state index contributed by atoms with van der Waals surface area (Å²) < 4.78 is 24.6. The highest BCUT2D eigenvalue weighted by atomic mass is 79.9. The van der Waals surface area contributed by atoms with Crippen molar-refractivity contribution in [2.75, 3.05) is 0 Å². The monoisotopic (exact) mass is 961 g/mol. The van der Waals surface area contributed by atoms with Gasteiger partial charge in [-0.2, -0.15) is 9.97 Å². The number of aromatic nitrogens is 5.